The van der Waals surface area contributed by atoms with Gasteiger partial charge in [0, 0.05) is 110 Å². The molecule has 0 amide bonds. The van der Waals surface area contributed by atoms with Crippen LogP contribution in [-0.2, 0) is 4.74 Å². The van der Waals surface area contributed by atoms with Crippen LogP contribution in [0.4, 0.5) is 0 Å². The molecule has 0 radical (unpaired) electrons. The molecule has 0 bridgehead atoms. The quantitative estimate of drug-likeness (QED) is 0.0703. The maximum absolute atomic E-state index is 12.9. The van der Waals surface area contributed by atoms with Crippen molar-refractivity contribution in [1.29, 1.82) is 0 Å². The number of aromatic nitrogens is 8. The van der Waals surface area contributed by atoms with Gasteiger partial charge >= 0.3 is 0 Å². The largest absolute Gasteiger partial charge is 0.493 e. The highest BCUT2D eigenvalue weighted by molar-refractivity contribution is 5.74. The van der Waals surface area contributed by atoms with Gasteiger partial charge in [0.05, 0.1) is 98.9 Å². The number of hydrogen-bond acceptors (Lipinski definition) is 21. The number of allylic oxidation sites excluding steroid dienone is 2. The Morgan fingerprint density at radius 3 is 0.992 bits per heavy atom. The molecule has 11 heterocycles. The summed E-state index contributed by atoms with van der Waals surface area (Å²) in [6.07, 6.45) is 26.1. The Morgan fingerprint density at radius 2 is 0.725 bits per heavy atom. The minimum absolute atomic E-state index is 0.101. The summed E-state index contributed by atoms with van der Waals surface area (Å²) in [5, 5.41) is 3.33. The van der Waals surface area contributed by atoms with Crippen molar-refractivity contribution in [3.8, 4) is 91.0 Å². The van der Waals surface area contributed by atoms with Gasteiger partial charge in [0.2, 0.25) is 0 Å². The van der Waals surface area contributed by atoms with E-state index in [2.05, 4.69) is 82.5 Å². The van der Waals surface area contributed by atoms with Crippen LogP contribution < -0.4 is 65.4 Å². The zero-order valence-corrected chi connectivity index (χ0v) is 70.2. The number of rotatable bonds is 21. The first-order chi connectivity index (χ1) is 58.4. The molecule has 120 heavy (non-hydrogen) atoms. The first-order valence-electron chi connectivity index (χ1n) is 40.6. The summed E-state index contributed by atoms with van der Waals surface area (Å²) < 4.78 is 54.5. The molecule has 2 unspecified atom stereocenters. The van der Waals surface area contributed by atoms with Gasteiger partial charge in [-0.15, -0.1) is 0 Å². The van der Waals surface area contributed by atoms with Crippen LogP contribution in [0.15, 0.2) is 214 Å². The maximum Gasteiger partial charge on any atom is 0.258 e. The molecule has 4 aromatic carbocycles. The summed E-state index contributed by atoms with van der Waals surface area (Å²) in [6.45, 7) is 8.97. The molecule has 8 aromatic heterocycles. The first kappa shape index (κ1) is 84.0. The van der Waals surface area contributed by atoms with Crippen molar-refractivity contribution in [3.05, 3.63) is 258 Å². The van der Waals surface area contributed by atoms with Gasteiger partial charge in [-0.25, -0.2) is 19.9 Å². The van der Waals surface area contributed by atoms with Gasteiger partial charge in [0.1, 0.15) is 22.6 Å². The van der Waals surface area contributed by atoms with Crippen LogP contribution in [0.25, 0.3) is 89.9 Å². The van der Waals surface area contributed by atoms with E-state index in [9.17, 15) is 19.2 Å². The molecule has 622 valence electrons. The van der Waals surface area contributed by atoms with Gasteiger partial charge < -0.3 is 52.8 Å². The van der Waals surface area contributed by atoms with E-state index >= 15 is 0 Å². The zero-order valence-electron chi connectivity index (χ0n) is 70.2. The number of ether oxygens (including phenoxy) is 9. The molecule has 2 aliphatic carbocycles. The molecule has 0 saturated carbocycles. The Labute approximate surface area is 697 Å². The van der Waals surface area contributed by atoms with Crippen molar-refractivity contribution < 1.29 is 42.6 Å². The predicted molar refractivity (Wildman–Crippen MR) is 472 cm³/mol. The van der Waals surface area contributed by atoms with Crippen molar-refractivity contribution in [1.82, 2.24) is 57.6 Å². The van der Waals surface area contributed by atoms with Gasteiger partial charge in [0.25, 0.3) is 22.2 Å². The van der Waals surface area contributed by atoms with Crippen LogP contribution in [0.5, 0.6) is 46.0 Å². The molecule has 3 aliphatic heterocycles. The van der Waals surface area contributed by atoms with E-state index in [1.807, 2.05) is 141 Å². The molecule has 12 aromatic rings. The number of hydrogen-bond donors (Lipinski definition) is 1. The number of nitrogens with zero attached hydrogens (tertiary/aromatic N) is 11. The minimum atomic E-state index is -0.110. The van der Waals surface area contributed by atoms with Crippen molar-refractivity contribution in [2.24, 2.45) is 0 Å². The van der Waals surface area contributed by atoms with Gasteiger partial charge in [-0.05, 0) is 251 Å². The molecule has 2 atom stereocenters. The fourth-order valence-corrected chi connectivity index (χ4v) is 15.9. The second kappa shape index (κ2) is 38.5. The van der Waals surface area contributed by atoms with Crippen LogP contribution in [-0.4, -0.2) is 194 Å². The minimum Gasteiger partial charge on any atom is -0.493 e. The molecular formula is C95H104N12O13. The van der Waals surface area contributed by atoms with E-state index < -0.39 is 0 Å². The fraction of sp³-hybridized carbons (Fsp3) is 0.326. The Balaban J connectivity index is 0.000000131. The Bertz CT molecular complexity index is 6140. The van der Waals surface area contributed by atoms with Crippen molar-refractivity contribution in [2.45, 2.75) is 82.8 Å². The number of pyridine rings is 4. The summed E-state index contributed by atoms with van der Waals surface area (Å²) in [5.41, 5.74) is 17.2. The highest BCUT2D eigenvalue weighted by Crippen LogP contribution is 2.38. The summed E-state index contributed by atoms with van der Waals surface area (Å²) >= 11 is 0. The summed E-state index contributed by atoms with van der Waals surface area (Å²) in [7, 11) is 19.0. The predicted octanol–water partition coefficient (Wildman–Crippen LogP) is 14.2. The van der Waals surface area contributed by atoms with Gasteiger partial charge in [-0.2, -0.15) is 0 Å². The van der Waals surface area contributed by atoms with Crippen LogP contribution in [0, 0.1) is 0 Å². The number of fused-ring (bicyclic) bond motifs is 4. The first-order valence-corrected chi connectivity index (χ1v) is 40.6. The van der Waals surface area contributed by atoms with E-state index in [1.165, 1.54) is 28.7 Å². The van der Waals surface area contributed by atoms with E-state index in [1.54, 1.807) is 98.7 Å². The SMILES string of the molecule is CCCN1CC=C(c2ccc3nc(-c4ccc(OC)c(OC)c4)cc(=O)n3c2)CC1.CNC1CC=C(c2ccc3nc(-c4ccc(OC)c(OC)c4)cc(=O)n3c2)CC1.COc1ccc(-c2cc(=O)n3cc(C4=CCC(N(C)C)CC4)ccc3n2)cc1OC.COc1ccc(-c2cc(=O)n3cc(C4=CCN(C5COC5)CC4)ccc3n2)cc1OC. The average Bonchev–Trinajstić information content (AvgIpc) is 1.70. The molecule has 25 nitrogen and oxygen atoms in total. The van der Waals surface area contributed by atoms with Gasteiger partial charge in [-0.3, -0.25) is 46.6 Å². The molecule has 17 rings (SSSR count). The van der Waals surface area contributed by atoms with Crippen LogP contribution in [0.3, 0.4) is 0 Å². The lowest BCUT2D eigenvalue weighted by molar-refractivity contribution is -0.0612. The number of methoxy groups -OCH3 is 8. The molecule has 1 fully saturated rings. The Hall–Kier alpha value is -12.5. The van der Waals surface area contributed by atoms with Crippen LogP contribution >= 0.6 is 0 Å². The maximum atomic E-state index is 12.9. The van der Waals surface area contributed by atoms with Crippen molar-refractivity contribution in [2.75, 3.05) is 124 Å². The molecule has 1 N–H and O–H groups in total. The van der Waals surface area contributed by atoms with E-state index in [0.29, 0.717) is 109 Å². The topological polar surface area (TPSA) is 242 Å². The normalized spacial score (nSPS) is 16.2. The third-order valence-electron chi connectivity index (χ3n) is 23.0. The summed E-state index contributed by atoms with van der Waals surface area (Å²) in [4.78, 5) is 77.4. The lowest BCUT2D eigenvalue weighted by Gasteiger charge is -2.38. The molecule has 25 heteroatoms. The Morgan fingerprint density at radius 1 is 0.392 bits per heavy atom. The Kier molecular flexibility index (Phi) is 26.9. The van der Waals surface area contributed by atoms with E-state index in [4.69, 9.17) is 57.6 Å². The highest BCUT2D eigenvalue weighted by Gasteiger charge is 2.28. The third-order valence-corrected chi connectivity index (χ3v) is 23.0. The van der Waals surface area contributed by atoms with Gasteiger partial charge in [-0.1, -0.05) is 31.2 Å². The second-order valence-electron chi connectivity index (χ2n) is 30.3. The fourth-order valence-electron chi connectivity index (χ4n) is 15.9. The molecule has 0 spiro atoms. The van der Waals surface area contributed by atoms with Gasteiger partial charge in [0.15, 0.2) is 46.0 Å². The summed E-state index contributed by atoms with van der Waals surface area (Å²) in [6, 6.07) is 45.9. The lowest BCUT2D eigenvalue weighted by Crippen LogP contribution is -2.50. The lowest BCUT2D eigenvalue weighted by atomic mass is 9.91. The average molecular weight is 1620 g/mol. The van der Waals surface area contributed by atoms with Crippen LogP contribution in [0.1, 0.15) is 87.0 Å². The molecule has 5 aliphatic rings. The zero-order chi connectivity index (χ0) is 84.1. The monoisotopic (exact) mass is 1620 g/mol. The second-order valence-corrected chi connectivity index (χ2v) is 30.3. The van der Waals surface area contributed by atoms with Crippen molar-refractivity contribution >= 4 is 44.9 Å². The van der Waals surface area contributed by atoms with Crippen LogP contribution in [0.2, 0.25) is 0 Å². The highest BCUT2D eigenvalue weighted by atomic mass is 16.5. The summed E-state index contributed by atoms with van der Waals surface area (Å²) in [5.74, 6) is 4.97. The number of nitrogens with one attached hydrogen (secondary N) is 1. The van der Waals surface area contributed by atoms with Crippen molar-refractivity contribution in [3.63, 3.8) is 0 Å². The van der Waals surface area contributed by atoms with E-state index in [-0.39, 0.29) is 22.2 Å². The molecular weight excluding hydrogens is 1520 g/mol. The number of benzene rings is 4. The third kappa shape index (κ3) is 19.0. The smallest absolute Gasteiger partial charge is 0.258 e. The van der Waals surface area contributed by atoms with E-state index in [0.717, 1.165) is 142 Å². The standard InChI is InChI=1S/C24H25N3O4.2C24H27N3O3.C23H25N3O3/c1-29-21-5-3-17(11-22(21)30-2)20-12-24(28)27-13-18(4-6-23(27)25-20)16-7-9-26(10-8-16)19-14-31-15-19;1-26(2)19-9-5-16(6-10-19)18-8-12-23-25-20(14-24(28)27(23)15-18)17-7-11-21(29-3)22(13-17)30-4;1-4-11-26-12-9-17(10-13-26)19-6-8-23-25-20(15-24(28)27(23)16-19)18-5-7-21(29-2)22(14-18)30-3;1-24-18-8-4-15(5-9-18)17-7-11-22-25-19(13-23(27)26(22)14-17)16-6-10-20(28-2)21(12-16)29-3/h3-7,11-13,19H,8-10,14-15H2,1-2H3;5,7-8,11-15,19H,6,9-10H2,1-4H3;5-9,14-16H,4,10-13H2,1-3H3;4,6-7,10-14,18,24H,5,8-9H2,1-3H3. The molecule has 1 saturated heterocycles.